The predicted molar refractivity (Wildman–Crippen MR) is 111 cm³/mol. The molecular formula is C22H25ClN2O4. The Bertz CT molecular complexity index is 868. The molecule has 0 saturated carbocycles. The van der Waals surface area contributed by atoms with Crippen molar-refractivity contribution in [1.29, 1.82) is 0 Å². The molecule has 1 N–H and O–H groups in total. The number of amides is 1. The highest BCUT2D eigenvalue weighted by molar-refractivity contribution is 6.32. The monoisotopic (exact) mass is 416 g/mol. The summed E-state index contributed by atoms with van der Waals surface area (Å²) < 4.78 is 16.7. The number of nitrogens with zero attached hydrogens (tertiary/aromatic N) is 1. The van der Waals surface area contributed by atoms with Gasteiger partial charge in [-0.3, -0.25) is 9.69 Å². The van der Waals surface area contributed by atoms with Crippen LogP contribution >= 0.6 is 11.6 Å². The van der Waals surface area contributed by atoms with Gasteiger partial charge in [0.25, 0.3) is 5.91 Å². The Hall–Kier alpha value is -2.28. The summed E-state index contributed by atoms with van der Waals surface area (Å²) in [7, 11) is 0. The maximum Gasteiger partial charge on any atom is 0.251 e. The number of carbonyl (C=O) groups is 1. The van der Waals surface area contributed by atoms with Gasteiger partial charge in [-0.15, -0.1) is 0 Å². The Kier molecular flexibility index (Phi) is 6.54. The minimum atomic E-state index is -0.191. The standard InChI is InChI=1S/C22H25ClN2O4/c23-19-12-18(13-20-21(19)29-9-3-8-28-20)22(26)24-14-16-4-1-2-5-17(16)15-25-6-10-27-11-7-25/h1-2,4-5,12-13H,3,6-11,14-15H2,(H,24,26). The lowest BCUT2D eigenvalue weighted by Gasteiger charge is -2.27. The Labute approximate surface area is 175 Å². The fourth-order valence-corrected chi connectivity index (χ4v) is 3.79. The number of benzene rings is 2. The lowest BCUT2D eigenvalue weighted by Crippen LogP contribution is -2.36. The zero-order chi connectivity index (χ0) is 20.1. The lowest BCUT2D eigenvalue weighted by atomic mass is 10.1. The predicted octanol–water partition coefficient (Wildman–Crippen LogP) is 3.26. The average Bonchev–Trinajstić information content (AvgIpc) is 2.99. The van der Waals surface area contributed by atoms with Gasteiger partial charge in [-0.2, -0.15) is 0 Å². The third-order valence-electron chi connectivity index (χ3n) is 5.12. The van der Waals surface area contributed by atoms with Crippen LogP contribution in [-0.2, 0) is 17.8 Å². The van der Waals surface area contributed by atoms with Crippen molar-refractivity contribution in [2.24, 2.45) is 0 Å². The molecule has 1 amide bonds. The van der Waals surface area contributed by atoms with Crippen LogP contribution in [-0.4, -0.2) is 50.3 Å². The van der Waals surface area contributed by atoms with Gasteiger partial charge in [-0.25, -0.2) is 0 Å². The quantitative estimate of drug-likeness (QED) is 0.810. The average molecular weight is 417 g/mol. The van der Waals surface area contributed by atoms with Gasteiger partial charge in [0.2, 0.25) is 0 Å². The Morgan fingerprint density at radius 1 is 1.03 bits per heavy atom. The number of nitrogens with one attached hydrogen (secondary N) is 1. The number of halogens is 1. The van der Waals surface area contributed by atoms with Crippen LogP contribution < -0.4 is 14.8 Å². The molecular weight excluding hydrogens is 392 g/mol. The van der Waals surface area contributed by atoms with Crippen LogP contribution in [0.4, 0.5) is 0 Å². The summed E-state index contributed by atoms with van der Waals surface area (Å²) in [6.45, 7) is 5.79. The van der Waals surface area contributed by atoms with E-state index < -0.39 is 0 Å². The van der Waals surface area contributed by atoms with E-state index in [2.05, 4.69) is 22.3 Å². The topological polar surface area (TPSA) is 60.0 Å². The van der Waals surface area contributed by atoms with Crippen molar-refractivity contribution in [3.8, 4) is 11.5 Å². The van der Waals surface area contributed by atoms with E-state index in [1.54, 1.807) is 12.1 Å². The first-order valence-electron chi connectivity index (χ1n) is 9.95. The van der Waals surface area contributed by atoms with Gasteiger partial charge in [0.05, 0.1) is 31.5 Å². The van der Waals surface area contributed by atoms with Crippen molar-refractivity contribution in [3.63, 3.8) is 0 Å². The van der Waals surface area contributed by atoms with Gasteiger partial charge in [0.15, 0.2) is 11.5 Å². The lowest BCUT2D eigenvalue weighted by molar-refractivity contribution is 0.0340. The van der Waals surface area contributed by atoms with Gasteiger partial charge in [0, 0.05) is 38.2 Å². The molecule has 1 saturated heterocycles. The molecule has 0 radical (unpaired) electrons. The van der Waals surface area contributed by atoms with Crippen LogP contribution in [0.2, 0.25) is 5.02 Å². The van der Waals surface area contributed by atoms with E-state index in [0.29, 0.717) is 41.8 Å². The zero-order valence-corrected chi connectivity index (χ0v) is 17.0. The second-order valence-electron chi connectivity index (χ2n) is 7.18. The number of hydrogen-bond acceptors (Lipinski definition) is 5. The van der Waals surface area contributed by atoms with Crippen LogP contribution in [0.3, 0.4) is 0 Å². The maximum absolute atomic E-state index is 12.8. The molecule has 0 spiro atoms. The van der Waals surface area contributed by atoms with E-state index in [-0.39, 0.29) is 5.91 Å². The smallest absolute Gasteiger partial charge is 0.251 e. The van der Waals surface area contributed by atoms with E-state index in [0.717, 1.165) is 44.8 Å². The van der Waals surface area contributed by atoms with Crippen LogP contribution in [0.5, 0.6) is 11.5 Å². The Balaban J connectivity index is 1.43. The molecule has 7 heteroatoms. The van der Waals surface area contributed by atoms with Crippen LogP contribution in [0.1, 0.15) is 27.9 Å². The number of morpholine rings is 1. The summed E-state index contributed by atoms with van der Waals surface area (Å²) in [4.78, 5) is 15.1. The van der Waals surface area contributed by atoms with Gasteiger partial charge < -0.3 is 19.5 Å². The van der Waals surface area contributed by atoms with Crippen molar-refractivity contribution in [2.45, 2.75) is 19.5 Å². The van der Waals surface area contributed by atoms with Crippen molar-refractivity contribution in [1.82, 2.24) is 10.2 Å². The van der Waals surface area contributed by atoms with Crippen LogP contribution in [0.25, 0.3) is 0 Å². The van der Waals surface area contributed by atoms with E-state index in [1.165, 1.54) is 5.56 Å². The second-order valence-corrected chi connectivity index (χ2v) is 7.58. The van der Waals surface area contributed by atoms with Gasteiger partial charge in [0.1, 0.15) is 0 Å². The summed E-state index contributed by atoms with van der Waals surface area (Å²) >= 11 is 6.31. The Morgan fingerprint density at radius 2 is 1.79 bits per heavy atom. The normalized spacial score (nSPS) is 16.9. The van der Waals surface area contributed by atoms with Crippen molar-refractivity contribution in [2.75, 3.05) is 39.5 Å². The first-order chi connectivity index (χ1) is 14.2. The van der Waals surface area contributed by atoms with E-state index in [1.807, 2.05) is 12.1 Å². The fraction of sp³-hybridized carbons (Fsp3) is 0.409. The number of rotatable bonds is 5. The zero-order valence-electron chi connectivity index (χ0n) is 16.3. The molecule has 2 aromatic carbocycles. The molecule has 29 heavy (non-hydrogen) atoms. The largest absolute Gasteiger partial charge is 0.489 e. The van der Waals surface area contributed by atoms with Crippen LogP contribution in [0.15, 0.2) is 36.4 Å². The Morgan fingerprint density at radius 3 is 2.62 bits per heavy atom. The highest BCUT2D eigenvalue weighted by Gasteiger charge is 2.19. The molecule has 4 rings (SSSR count). The molecule has 0 aliphatic carbocycles. The number of ether oxygens (including phenoxy) is 3. The summed E-state index contributed by atoms with van der Waals surface area (Å²) in [5, 5.41) is 3.40. The number of hydrogen-bond donors (Lipinski definition) is 1. The molecule has 1 fully saturated rings. The second kappa shape index (κ2) is 9.48. The van der Waals surface area contributed by atoms with E-state index >= 15 is 0 Å². The third-order valence-corrected chi connectivity index (χ3v) is 5.40. The van der Waals surface area contributed by atoms with Crippen molar-refractivity contribution in [3.05, 3.63) is 58.1 Å². The summed E-state index contributed by atoms with van der Waals surface area (Å²) in [6.07, 6.45) is 0.784. The molecule has 0 unspecified atom stereocenters. The van der Waals surface area contributed by atoms with Crippen LogP contribution in [0, 0.1) is 0 Å². The van der Waals surface area contributed by atoms with Gasteiger partial charge in [-0.05, 0) is 23.3 Å². The fourth-order valence-electron chi connectivity index (χ4n) is 3.52. The maximum atomic E-state index is 12.8. The van der Waals surface area contributed by atoms with Gasteiger partial charge in [-0.1, -0.05) is 35.9 Å². The van der Waals surface area contributed by atoms with E-state index in [4.69, 9.17) is 25.8 Å². The summed E-state index contributed by atoms with van der Waals surface area (Å²) in [5.74, 6) is 0.841. The minimum Gasteiger partial charge on any atom is -0.489 e. The summed E-state index contributed by atoms with van der Waals surface area (Å²) in [6, 6.07) is 11.5. The van der Waals surface area contributed by atoms with Gasteiger partial charge >= 0.3 is 0 Å². The molecule has 6 nitrogen and oxygen atoms in total. The first-order valence-corrected chi connectivity index (χ1v) is 10.3. The molecule has 2 heterocycles. The molecule has 2 aliphatic rings. The molecule has 2 aliphatic heterocycles. The number of fused-ring (bicyclic) bond motifs is 1. The number of carbonyl (C=O) groups excluding carboxylic acids is 1. The van der Waals surface area contributed by atoms with E-state index in [9.17, 15) is 4.79 Å². The third kappa shape index (κ3) is 5.01. The molecule has 0 atom stereocenters. The highest BCUT2D eigenvalue weighted by Crippen LogP contribution is 2.38. The molecule has 0 aromatic heterocycles. The van der Waals surface area contributed by atoms with Crippen molar-refractivity contribution < 1.29 is 19.0 Å². The summed E-state index contributed by atoms with van der Waals surface area (Å²) in [5.41, 5.74) is 2.78. The molecule has 154 valence electrons. The molecule has 0 bridgehead atoms. The first kappa shape index (κ1) is 20.0. The minimum absolute atomic E-state index is 0.191. The van der Waals surface area contributed by atoms with Crippen molar-refractivity contribution >= 4 is 17.5 Å². The highest BCUT2D eigenvalue weighted by atomic mass is 35.5. The SMILES string of the molecule is O=C(NCc1ccccc1CN1CCOCC1)c1cc(Cl)c2c(c1)OCCCO2. The molecule has 2 aromatic rings.